The van der Waals surface area contributed by atoms with E-state index >= 15 is 0 Å². The lowest BCUT2D eigenvalue weighted by Gasteiger charge is -2.32. The molecule has 22 heavy (non-hydrogen) atoms. The van der Waals surface area contributed by atoms with Crippen molar-refractivity contribution in [2.45, 2.75) is 19.0 Å². The van der Waals surface area contributed by atoms with Gasteiger partial charge in [0.15, 0.2) is 0 Å². The molecule has 0 aromatic heterocycles. The van der Waals surface area contributed by atoms with Gasteiger partial charge in [0, 0.05) is 51.9 Å². The Morgan fingerprint density at radius 3 is 2.95 bits per heavy atom. The second-order valence-electron chi connectivity index (χ2n) is 6.21. The van der Waals surface area contributed by atoms with Crippen LogP contribution in [0.15, 0.2) is 36.9 Å². The first-order valence-electron chi connectivity index (χ1n) is 8.35. The fourth-order valence-corrected chi connectivity index (χ4v) is 3.45. The highest BCUT2D eigenvalue weighted by Crippen LogP contribution is 2.20. The van der Waals surface area contributed by atoms with Gasteiger partial charge >= 0.3 is 0 Å². The minimum atomic E-state index is 0.568. The van der Waals surface area contributed by atoms with E-state index in [4.69, 9.17) is 4.74 Å². The van der Waals surface area contributed by atoms with Crippen LogP contribution in [0.2, 0.25) is 0 Å². The third kappa shape index (κ3) is 4.09. The summed E-state index contributed by atoms with van der Waals surface area (Å²) in [4.78, 5) is 5.22. The van der Waals surface area contributed by atoms with Gasteiger partial charge in [-0.1, -0.05) is 24.8 Å². The zero-order chi connectivity index (χ0) is 15.2. The third-order valence-electron chi connectivity index (χ3n) is 4.59. The van der Waals surface area contributed by atoms with E-state index in [0.717, 1.165) is 31.4 Å². The van der Waals surface area contributed by atoms with Gasteiger partial charge in [-0.3, -0.25) is 9.80 Å². The van der Waals surface area contributed by atoms with Gasteiger partial charge in [-0.2, -0.15) is 0 Å². The van der Waals surface area contributed by atoms with Crippen LogP contribution in [-0.2, 0) is 6.54 Å². The Hall–Kier alpha value is -1.36. The summed E-state index contributed by atoms with van der Waals surface area (Å²) in [7, 11) is 0. The number of likely N-dealkylation sites (tertiary alicyclic amines) is 1. The SMILES string of the molecule is C=CCOc1cccc(CN2CCC(N3CCNCC3)C2)c1. The van der Waals surface area contributed by atoms with Gasteiger partial charge in [0.25, 0.3) is 0 Å². The summed E-state index contributed by atoms with van der Waals surface area (Å²) in [6, 6.07) is 9.18. The van der Waals surface area contributed by atoms with Crippen molar-refractivity contribution in [1.82, 2.24) is 15.1 Å². The molecule has 0 aliphatic carbocycles. The smallest absolute Gasteiger partial charge is 0.120 e. The Labute approximate surface area is 133 Å². The molecule has 1 aromatic carbocycles. The van der Waals surface area contributed by atoms with Crippen LogP contribution in [-0.4, -0.2) is 61.7 Å². The van der Waals surface area contributed by atoms with E-state index in [0.29, 0.717) is 6.61 Å². The number of rotatable bonds is 6. The Bertz CT molecular complexity index is 485. The van der Waals surface area contributed by atoms with Crippen molar-refractivity contribution in [2.24, 2.45) is 0 Å². The van der Waals surface area contributed by atoms with Crippen LogP contribution < -0.4 is 10.1 Å². The number of piperazine rings is 1. The topological polar surface area (TPSA) is 27.7 Å². The molecule has 3 rings (SSSR count). The van der Waals surface area contributed by atoms with Gasteiger partial charge in [0.05, 0.1) is 0 Å². The van der Waals surface area contributed by atoms with Crippen LogP contribution in [0, 0.1) is 0 Å². The maximum absolute atomic E-state index is 5.62. The van der Waals surface area contributed by atoms with Gasteiger partial charge in [-0.15, -0.1) is 0 Å². The molecule has 4 nitrogen and oxygen atoms in total. The standard InChI is InChI=1S/C18H27N3O/c1-2-12-22-18-5-3-4-16(13-18)14-20-9-6-17(15-20)21-10-7-19-8-11-21/h2-5,13,17,19H,1,6-12,14-15H2. The second-order valence-corrected chi connectivity index (χ2v) is 6.21. The molecule has 2 saturated heterocycles. The number of nitrogens with one attached hydrogen (secondary N) is 1. The molecule has 2 fully saturated rings. The molecule has 1 atom stereocenters. The Kier molecular flexibility index (Phi) is 5.48. The summed E-state index contributed by atoms with van der Waals surface area (Å²) in [6.07, 6.45) is 3.08. The van der Waals surface area contributed by atoms with Crippen LogP contribution >= 0.6 is 0 Å². The molecule has 4 heteroatoms. The monoisotopic (exact) mass is 301 g/mol. The van der Waals surface area contributed by atoms with E-state index in [1.54, 1.807) is 6.08 Å². The van der Waals surface area contributed by atoms with E-state index in [2.05, 4.69) is 39.9 Å². The molecule has 0 spiro atoms. The van der Waals surface area contributed by atoms with Gasteiger partial charge in [-0.25, -0.2) is 0 Å². The summed E-state index contributed by atoms with van der Waals surface area (Å²) >= 11 is 0. The van der Waals surface area contributed by atoms with E-state index in [1.807, 2.05) is 6.07 Å². The molecule has 1 aromatic rings. The number of benzene rings is 1. The number of ether oxygens (including phenoxy) is 1. The molecule has 120 valence electrons. The summed E-state index contributed by atoms with van der Waals surface area (Å²) in [5.41, 5.74) is 1.34. The van der Waals surface area contributed by atoms with Crippen molar-refractivity contribution in [2.75, 3.05) is 45.9 Å². The lowest BCUT2D eigenvalue weighted by Crippen LogP contribution is -2.49. The highest BCUT2D eigenvalue weighted by molar-refractivity contribution is 5.28. The van der Waals surface area contributed by atoms with E-state index < -0.39 is 0 Å². The third-order valence-corrected chi connectivity index (χ3v) is 4.59. The van der Waals surface area contributed by atoms with Crippen LogP contribution in [0.4, 0.5) is 0 Å². The molecular weight excluding hydrogens is 274 g/mol. The molecule has 1 unspecified atom stereocenters. The second kappa shape index (κ2) is 7.77. The van der Waals surface area contributed by atoms with Crippen molar-refractivity contribution in [3.63, 3.8) is 0 Å². The van der Waals surface area contributed by atoms with Crippen molar-refractivity contribution < 1.29 is 4.74 Å². The minimum Gasteiger partial charge on any atom is -0.490 e. The lowest BCUT2D eigenvalue weighted by molar-refractivity contribution is 0.170. The Morgan fingerprint density at radius 1 is 1.27 bits per heavy atom. The van der Waals surface area contributed by atoms with Gasteiger partial charge in [0.2, 0.25) is 0 Å². The van der Waals surface area contributed by atoms with Crippen LogP contribution in [0.5, 0.6) is 5.75 Å². The van der Waals surface area contributed by atoms with Crippen molar-refractivity contribution in [3.8, 4) is 5.75 Å². The fourth-order valence-electron chi connectivity index (χ4n) is 3.45. The van der Waals surface area contributed by atoms with Crippen molar-refractivity contribution in [3.05, 3.63) is 42.5 Å². The number of hydrogen-bond acceptors (Lipinski definition) is 4. The molecule has 2 aliphatic heterocycles. The summed E-state index contributed by atoms with van der Waals surface area (Å²) in [5, 5.41) is 3.44. The van der Waals surface area contributed by atoms with Gasteiger partial charge < -0.3 is 10.1 Å². The average Bonchev–Trinajstić information content (AvgIpc) is 3.03. The van der Waals surface area contributed by atoms with Gasteiger partial charge in [0.1, 0.15) is 12.4 Å². The molecule has 0 saturated carbocycles. The Balaban J connectivity index is 1.52. The zero-order valence-corrected chi connectivity index (χ0v) is 13.3. The molecule has 1 N–H and O–H groups in total. The predicted molar refractivity (Wildman–Crippen MR) is 90.3 cm³/mol. The largest absolute Gasteiger partial charge is 0.490 e. The summed E-state index contributed by atoms with van der Waals surface area (Å²) in [6.45, 7) is 12.3. The first-order chi connectivity index (χ1) is 10.8. The lowest BCUT2D eigenvalue weighted by atomic mass is 10.2. The van der Waals surface area contributed by atoms with E-state index in [9.17, 15) is 0 Å². The summed E-state index contributed by atoms with van der Waals surface area (Å²) in [5.74, 6) is 0.940. The number of hydrogen-bond donors (Lipinski definition) is 1. The summed E-state index contributed by atoms with van der Waals surface area (Å²) < 4.78 is 5.62. The normalized spacial score (nSPS) is 23.5. The molecule has 0 bridgehead atoms. The van der Waals surface area contributed by atoms with Crippen LogP contribution in [0.3, 0.4) is 0 Å². The van der Waals surface area contributed by atoms with Gasteiger partial charge in [-0.05, 0) is 24.1 Å². The molecule has 2 aliphatic rings. The Morgan fingerprint density at radius 2 is 2.14 bits per heavy atom. The number of nitrogens with zero attached hydrogens (tertiary/aromatic N) is 2. The molecular formula is C18H27N3O. The highest BCUT2D eigenvalue weighted by Gasteiger charge is 2.28. The highest BCUT2D eigenvalue weighted by atomic mass is 16.5. The first kappa shape index (κ1) is 15.5. The molecule has 0 radical (unpaired) electrons. The predicted octanol–water partition coefficient (Wildman–Crippen LogP) is 1.73. The van der Waals surface area contributed by atoms with Crippen LogP contribution in [0.1, 0.15) is 12.0 Å². The average molecular weight is 301 g/mol. The van der Waals surface area contributed by atoms with Crippen molar-refractivity contribution >= 4 is 0 Å². The van der Waals surface area contributed by atoms with Crippen LogP contribution in [0.25, 0.3) is 0 Å². The van der Waals surface area contributed by atoms with E-state index in [1.165, 1.54) is 38.2 Å². The minimum absolute atomic E-state index is 0.568. The van der Waals surface area contributed by atoms with E-state index in [-0.39, 0.29) is 0 Å². The quantitative estimate of drug-likeness (QED) is 0.810. The maximum Gasteiger partial charge on any atom is 0.120 e. The maximum atomic E-state index is 5.62. The first-order valence-corrected chi connectivity index (χ1v) is 8.35. The van der Waals surface area contributed by atoms with Crippen molar-refractivity contribution in [1.29, 1.82) is 0 Å². The molecule has 0 amide bonds. The zero-order valence-electron chi connectivity index (χ0n) is 13.3. The fraction of sp³-hybridized carbons (Fsp3) is 0.556. The molecule has 2 heterocycles.